The van der Waals surface area contributed by atoms with Gasteiger partial charge in [-0.05, 0) is 41.3 Å². The van der Waals surface area contributed by atoms with E-state index in [-0.39, 0.29) is 5.56 Å². The highest BCUT2D eigenvalue weighted by atomic mass is 16.4. The van der Waals surface area contributed by atoms with Crippen LogP contribution in [0.1, 0.15) is 21.5 Å². The molecule has 3 heterocycles. The van der Waals surface area contributed by atoms with Gasteiger partial charge in [-0.15, -0.1) is 0 Å². The largest absolute Gasteiger partial charge is 0.477 e. The van der Waals surface area contributed by atoms with Crippen LogP contribution in [0.2, 0.25) is 0 Å². The van der Waals surface area contributed by atoms with E-state index in [2.05, 4.69) is 10.2 Å². The zero-order valence-corrected chi connectivity index (χ0v) is 13.7. The molecule has 4 aromatic rings. The monoisotopic (exact) mass is 345 g/mol. The molecular formula is C20H15N3O3. The minimum atomic E-state index is -1.22. The van der Waals surface area contributed by atoms with Gasteiger partial charge in [0.1, 0.15) is 5.56 Å². The fraction of sp³-hybridized carbons (Fsp3) is 0.0500. The van der Waals surface area contributed by atoms with Gasteiger partial charge in [-0.2, -0.15) is 5.10 Å². The number of fused-ring (bicyclic) bond motifs is 1. The van der Waals surface area contributed by atoms with Gasteiger partial charge in [-0.25, -0.2) is 4.79 Å². The van der Waals surface area contributed by atoms with Gasteiger partial charge >= 0.3 is 5.97 Å². The number of pyridine rings is 2. The number of rotatable bonds is 4. The minimum Gasteiger partial charge on any atom is -0.477 e. The quantitative estimate of drug-likeness (QED) is 0.595. The van der Waals surface area contributed by atoms with Crippen LogP contribution in [0.25, 0.3) is 16.6 Å². The van der Waals surface area contributed by atoms with Crippen molar-refractivity contribution in [2.75, 3.05) is 0 Å². The number of carboxylic acids is 1. The molecule has 0 radical (unpaired) electrons. The molecule has 0 fully saturated rings. The fourth-order valence-electron chi connectivity index (χ4n) is 3.06. The number of aromatic nitrogens is 3. The van der Waals surface area contributed by atoms with Crippen LogP contribution in [0.3, 0.4) is 0 Å². The minimum absolute atomic E-state index is 0.223. The molecule has 6 nitrogen and oxygen atoms in total. The number of carbonyl (C=O) groups is 1. The Kier molecular flexibility index (Phi) is 3.85. The van der Waals surface area contributed by atoms with Gasteiger partial charge in [0, 0.05) is 18.0 Å². The van der Waals surface area contributed by atoms with E-state index in [0.717, 1.165) is 22.3 Å². The van der Waals surface area contributed by atoms with Crippen molar-refractivity contribution in [2.45, 2.75) is 6.42 Å². The summed E-state index contributed by atoms with van der Waals surface area (Å²) in [6, 6.07) is 14.8. The van der Waals surface area contributed by atoms with Crippen LogP contribution in [-0.4, -0.2) is 25.7 Å². The molecule has 2 N–H and O–H groups in total. The van der Waals surface area contributed by atoms with Crippen LogP contribution in [0.4, 0.5) is 0 Å². The van der Waals surface area contributed by atoms with E-state index < -0.39 is 11.5 Å². The van der Waals surface area contributed by atoms with Crippen molar-refractivity contribution in [1.82, 2.24) is 14.6 Å². The molecule has 0 amide bonds. The van der Waals surface area contributed by atoms with Crippen molar-refractivity contribution in [3.05, 3.63) is 94.2 Å². The Labute approximate surface area is 148 Å². The molecular weight excluding hydrogens is 330 g/mol. The highest BCUT2D eigenvalue weighted by molar-refractivity contribution is 5.88. The number of aromatic carboxylic acids is 1. The van der Waals surface area contributed by atoms with Crippen molar-refractivity contribution in [3.8, 4) is 11.1 Å². The molecule has 26 heavy (non-hydrogen) atoms. The lowest BCUT2D eigenvalue weighted by Gasteiger charge is -2.10. The first-order chi connectivity index (χ1) is 12.6. The summed E-state index contributed by atoms with van der Waals surface area (Å²) in [6.07, 6.45) is 5.70. The summed E-state index contributed by atoms with van der Waals surface area (Å²) in [6.45, 7) is 0. The van der Waals surface area contributed by atoms with Gasteiger partial charge in [0.05, 0.1) is 11.7 Å². The van der Waals surface area contributed by atoms with Crippen LogP contribution < -0.4 is 5.56 Å². The summed E-state index contributed by atoms with van der Waals surface area (Å²) < 4.78 is 1.39. The van der Waals surface area contributed by atoms with Crippen molar-refractivity contribution in [2.24, 2.45) is 0 Å². The van der Waals surface area contributed by atoms with E-state index in [0.29, 0.717) is 11.9 Å². The van der Waals surface area contributed by atoms with E-state index in [1.54, 1.807) is 18.5 Å². The summed E-state index contributed by atoms with van der Waals surface area (Å²) in [5, 5.41) is 16.1. The third-order valence-electron chi connectivity index (χ3n) is 4.37. The highest BCUT2D eigenvalue weighted by Crippen LogP contribution is 2.21. The highest BCUT2D eigenvalue weighted by Gasteiger charge is 2.14. The summed E-state index contributed by atoms with van der Waals surface area (Å²) in [5.41, 5.74) is 3.83. The number of hydrogen-bond acceptors (Lipinski definition) is 3. The first-order valence-corrected chi connectivity index (χ1v) is 8.08. The maximum Gasteiger partial charge on any atom is 0.341 e. The molecule has 0 atom stereocenters. The van der Waals surface area contributed by atoms with Crippen molar-refractivity contribution < 1.29 is 9.90 Å². The fourth-order valence-corrected chi connectivity index (χ4v) is 3.06. The van der Waals surface area contributed by atoms with E-state index in [4.69, 9.17) is 0 Å². The smallest absolute Gasteiger partial charge is 0.341 e. The zero-order valence-electron chi connectivity index (χ0n) is 13.7. The van der Waals surface area contributed by atoms with Crippen LogP contribution in [-0.2, 0) is 6.42 Å². The molecule has 0 saturated carbocycles. The number of carboxylic acid groups (broad SMARTS) is 1. The van der Waals surface area contributed by atoms with Gasteiger partial charge in [0.15, 0.2) is 0 Å². The standard InChI is InChI=1S/C20H15N3O3/c24-19-17(20(25)26)10-15(18-3-1-2-8-23(18)19)9-13-4-6-14(7-5-13)16-11-21-22-12-16/h1-8,10-12H,9H2,(H,21,22)(H,25,26). The Bertz CT molecular complexity index is 1140. The van der Waals surface area contributed by atoms with Gasteiger partial charge in [-0.1, -0.05) is 30.3 Å². The number of aromatic amines is 1. The van der Waals surface area contributed by atoms with Gasteiger partial charge in [0.25, 0.3) is 5.56 Å². The number of benzene rings is 1. The summed E-state index contributed by atoms with van der Waals surface area (Å²) in [7, 11) is 0. The molecule has 0 aliphatic rings. The molecule has 4 rings (SSSR count). The second-order valence-corrected chi connectivity index (χ2v) is 6.01. The van der Waals surface area contributed by atoms with Gasteiger partial charge in [-0.3, -0.25) is 14.3 Å². The molecule has 6 heteroatoms. The van der Waals surface area contributed by atoms with E-state index in [1.807, 2.05) is 42.6 Å². The molecule has 1 aromatic carbocycles. The Hall–Kier alpha value is -3.67. The second kappa shape index (κ2) is 6.33. The van der Waals surface area contributed by atoms with Gasteiger partial charge in [0.2, 0.25) is 0 Å². The number of H-pyrrole nitrogens is 1. The average Bonchev–Trinajstić information content (AvgIpc) is 3.19. The van der Waals surface area contributed by atoms with Crippen LogP contribution in [0, 0.1) is 0 Å². The van der Waals surface area contributed by atoms with Crippen molar-refractivity contribution in [3.63, 3.8) is 0 Å². The van der Waals surface area contributed by atoms with E-state index >= 15 is 0 Å². The first-order valence-electron chi connectivity index (χ1n) is 8.08. The molecule has 0 bridgehead atoms. The molecule has 0 unspecified atom stereocenters. The Morgan fingerprint density at radius 2 is 1.92 bits per heavy atom. The predicted octanol–water partition coefficient (Wildman–Crippen LogP) is 2.98. The third kappa shape index (κ3) is 2.77. The number of nitrogens with zero attached hydrogens (tertiary/aromatic N) is 2. The lowest BCUT2D eigenvalue weighted by Crippen LogP contribution is -2.22. The third-order valence-corrected chi connectivity index (χ3v) is 4.37. The summed E-state index contributed by atoms with van der Waals surface area (Å²) in [5.74, 6) is -1.22. The normalized spacial score (nSPS) is 10.9. The van der Waals surface area contributed by atoms with E-state index in [9.17, 15) is 14.7 Å². The topological polar surface area (TPSA) is 87.5 Å². The summed E-state index contributed by atoms with van der Waals surface area (Å²) >= 11 is 0. The second-order valence-electron chi connectivity index (χ2n) is 6.01. The Morgan fingerprint density at radius 1 is 1.12 bits per heavy atom. The van der Waals surface area contributed by atoms with Crippen LogP contribution in [0.15, 0.2) is 71.9 Å². The van der Waals surface area contributed by atoms with E-state index in [1.165, 1.54) is 10.5 Å². The van der Waals surface area contributed by atoms with Crippen molar-refractivity contribution >= 4 is 11.5 Å². The molecule has 3 aromatic heterocycles. The Morgan fingerprint density at radius 3 is 2.62 bits per heavy atom. The molecule has 0 aliphatic carbocycles. The molecule has 0 saturated heterocycles. The average molecular weight is 345 g/mol. The number of nitrogens with one attached hydrogen (secondary N) is 1. The molecule has 128 valence electrons. The maximum atomic E-state index is 12.3. The zero-order chi connectivity index (χ0) is 18.1. The lowest BCUT2D eigenvalue weighted by atomic mass is 10.00. The van der Waals surface area contributed by atoms with Crippen LogP contribution >= 0.6 is 0 Å². The summed E-state index contributed by atoms with van der Waals surface area (Å²) in [4.78, 5) is 23.7. The number of hydrogen-bond donors (Lipinski definition) is 2. The Balaban J connectivity index is 1.76. The van der Waals surface area contributed by atoms with Crippen molar-refractivity contribution in [1.29, 1.82) is 0 Å². The van der Waals surface area contributed by atoms with Gasteiger partial charge < -0.3 is 5.11 Å². The predicted molar refractivity (Wildman–Crippen MR) is 97.5 cm³/mol. The molecule has 0 aliphatic heterocycles. The lowest BCUT2D eigenvalue weighted by molar-refractivity contribution is 0.0694. The maximum absolute atomic E-state index is 12.3. The SMILES string of the molecule is O=C(O)c1cc(Cc2ccc(-c3cn[nH]c3)cc2)c2ccccn2c1=O. The molecule has 0 spiro atoms. The van der Waals surface area contributed by atoms with Crippen LogP contribution in [0.5, 0.6) is 0 Å². The first kappa shape index (κ1) is 15.8.